The average molecular weight is 436 g/mol. The summed E-state index contributed by atoms with van der Waals surface area (Å²) in [6.45, 7) is -0.623. The molecule has 1 fully saturated rings. The quantitative estimate of drug-likeness (QED) is 0.253. The van der Waals surface area contributed by atoms with Crippen LogP contribution < -0.4 is 9.47 Å². The molecule has 2 aromatic carbocycles. The normalized spacial score (nSPS) is 25.6. The lowest BCUT2D eigenvalue weighted by molar-refractivity contribution is -0.277. The van der Waals surface area contributed by atoms with E-state index in [9.17, 15) is 35.1 Å². The Balaban J connectivity index is 1.73. The molecule has 11 nitrogen and oxygen atoms in total. The van der Waals surface area contributed by atoms with Crippen molar-refractivity contribution in [2.45, 2.75) is 30.7 Å². The van der Waals surface area contributed by atoms with Gasteiger partial charge in [-0.3, -0.25) is 0 Å². The number of carbonyl (C=O) groups is 2. The first kappa shape index (κ1) is 22.5. The highest BCUT2D eigenvalue weighted by molar-refractivity contribution is 5.93. The van der Waals surface area contributed by atoms with Crippen molar-refractivity contribution in [1.29, 1.82) is 0 Å². The van der Waals surface area contributed by atoms with E-state index in [0.29, 0.717) is 0 Å². The molecule has 0 spiro atoms. The fourth-order valence-electron chi connectivity index (χ4n) is 2.91. The largest absolute Gasteiger partial charge is 0.507 e. The summed E-state index contributed by atoms with van der Waals surface area (Å²) < 4.78 is 15.8. The molecule has 31 heavy (non-hydrogen) atoms. The summed E-state index contributed by atoms with van der Waals surface area (Å²) in [4.78, 5) is 23.5. The predicted octanol–water partition coefficient (Wildman–Crippen LogP) is -0.512. The van der Waals surface area contributed by atoms with E-state index >= 15 is 0 Å². The van der Waals surface area contributed by atoms with Gasteiger partial charge in [0.1, 0.15) is 47.2 Å². The number of hydrogen-bond acceptors (Lipinski definition) is 10. The fraction of sp³-hybridized carbons (Fsp3) is 0.300. The van der Waals surface area contributed by atoms with E-state index in [-0.39, 0.29) is 17.1 Å². The molecular weight excluding hydrogens is 416 g/mol. The van der Waals surface area contributed by atoms with Crippen molar-refractivity contribution < 1.29 is 54.4 Å². The summed E-state index contributed by atoms with van der Waals surface area (Å²) in [5.74, 6) is -2.80. The zero-order valence-electron chi connectivity index (χ0n) is 15.9. The molecule has 0 radical (unpaired) electrons. The first-order chi connectivity index (χ1) is 14.7. The smallest absolute Gasteiger partial charge is 0.343 e. The minimum Gasteiger partial charge on any atom is -0.507 e. The Kier molecular flexibility index (Phi) is 6.73. The lowest BCUT2D eigenvalue weighted by Gasteiger charge is -2.39. The number of benzene rings is 2. The molecule has 6 N–H and O–H groups in total. The number of hydrogen-bond donors (Lipinski definition) is 6. The van der Waals surface area contributed by atoms with E-state index in [0.717, 1.165) is 12.1 Å². The van der Waals surface area contributed by atoms with Gasteiger partial charge in [-0.1, -0.05) is 6.07 Å². The molecule has 166 valence electrons. The van der Waals surface area contributed by atoms with E-state index in [1.165, 1.54) is 30.3 Å². The molecule has 0 saturated carbocycles. The summed E-state index contributed by atoms with van der Waals surface area (Å²) in [5.41, 5.74) is -0.433. The Hall–Kier alpha value is -3.22. The standard InChI is InChI=1S/C20H20O11/c21-8-14-15(23)16(24)17(25)20(31-14)30-10-3-1-2-9(6-10)19(28)29-11-4-5-13(22)12(7-11)18(26)27/h1-7,14-17,20-25H,8H2,(H,26,27). The van der Waals surface area contributed by atoms with Gasteiger partial charge in [-0.2, -0.15) is 0 Å². The van der Waals surface area contributed by atoms with E-state index in [2.05, 4.69) is 0 Å². The van der Waals surface area contributed by atoms with Gasteiger partial charge in [0.2, 0.25) is 6.29 Å². The van der Waals surface area contributed by atoms with Crippen molar-refractivity contribution in [3.63, 3.8) is 0 Å². The third-order valence-corrected chi connectivity index (χ3v) is 4.58. The number of aromatic carboxylic acids is 1. The third kappa shape index (κ3) is 4.93. The van der Waals surface area contributed by atoms with E-state index in [4.69, 9.17) is 19.3 Å². The molecule has 0 bridgehead atoms. The maximum atomic E-state index is 12.4. The molecular formula is C20H20O11. The highest BCUT2D eigenvalue weighted by Crippen LogP contribution is 2.26. The second kappa shape index (κ2) is 9.29. The van der Waals surface area contributed by atoms with E-state index in [1.807, 2.05) is 0 Å². The van der Waals surface area contributed by atoms with Gasteiger partial charge in [0.05, 0.1) is 12.2 Å². The number of phenols is 1. The van der Waals surface area contributed by atoms with Gasteiger partial charge in [-0.05, 0) is 36.4 Å². The fourth-order valence-corrected chi connectivity index (χ4v) is 2.91. The van der Waals surface area contributed by atoms with Gasteiger partial charge in [0.25, 0.3) is 0 Å². The van der Waals surface area contributed by atoms with Gasteiger partial charge in [-0.15, -0.1) is 0 Å². The number of aromatic hydroxyl groups is 1. The third-order valence-electron chi connectivity index (χ3n) is 4.58. The Bertz CT molecular complexity index is 958. The number of aliphatic hydroxyl groups is 4. The topological polar surface area (TPSA) is 183 Å². The van der Waals surface area contributed by atoms with Crippen molar-refractivity contribution in [2.24, 2.45) is 0 Å². The summed E-state index contributed by atoms with van der Waals surface area (Å²) in [6, 6.07) is 8.79. The lowest BCUT2D eigenvalue weighted by Crippen LogP contribution is -2.60. The molecule has 5 unspecified atom stereocenters. The maximum Gasteiger partial charge on any atom is 0.343 e. The average Bonchev–Trinajstić information content (AvgIpc) is 2.75. The molecule has 0 amide bonds. The van der Waals surface area contributed by atoms with Gasteiger partial charge in [-0.25, -0.2) is 9.59 Å². The highest BCUT2D eigenvalue weighted by Gasteiger charge is 2.44. The first-order valence-corrected chi connectivity index (χ1v) is 9.07. The van der Waals surface area contributed by atoms with Crippen molar-refractivity contribution in [1.82, 2.24) is 0 Å². The van der Waals surface area contributed by atoms with Crippen LogP contribution in [0.1, 0.15) is 20.7 Å². The molecule has 5 atom stereocenters. The first-order valence-electron chi connectivity index (χ1n) is 9.07. The highest BCUT2D eigenvalue weighted by atomic mass is 16.7. The zero-order chi connectivity index (χ0) is 22.7. The molecule has 1 heterocycles. The number of carbonyl (C=O) groups excluding carboxylic acids is 1. The Morgan fingerprint density at radius 3 is 2.39 bits per heavy atom. The summed E-state index contributed by atoms with van der Waals surface area (Å²) in [6.07, 6.45) is -7.38. The van der Waals surface area contributed by atoms with Crippen molar-refractivity contribution in [3.05, 3.63) is 53.6 Å². The molecule has 1 aliphatic heterocycles. The monoisotopic (exact) mass is 436 g/mol. The van der Waals surface area contributed by atoms with Crippen molar-refractivity contribution >= 4 is 11.9 Å². The van der Waals surface area contributed by atoms with Crippen LogP contribution in [0.2, 0.25) is 0 Å². The number of rotatable bonds is 6. The number of ether oxygens (including phenoxy) is 3. The number of carboxylic acids is 1. The molecule has 2 aromatic rings. The minimum absolute atomic E-state index is 0.00652. The molecule has 1 saturated heterocycles. The van der Waals surface area contributed by atoms with Crippen LogP contribution in [-0.4, -0.2) is 79.9 Å². The van der Waals surface area contributed by atoms with Crippen molar-refractivity contribution in [2.75, 3.05) is 6.61 Å². The van der Waals surface area contributed by atoms with Crippen LogP contribution in [0.5, 0.6) is 17.2 Å². The predicted molar refractivity (Wildman–Crippen MR) is 101 cm³/mol. The van der Waals surface area contributed by atoms with Crippen LogP contribution in [-0.2, 0) is 4.74 Å². The van der Waals surface area contributed by atoms with Gasteiger partial charge in [0, 0.05) is 0 Å². The van der Waals surface area contributed by atoms with Crippen LogP contribution in [0.15, 0.2) is 42.5 Å². The zero-order valence-corrected chi connectivity index (χ0v) is 15.9. The van der Waals surface area contributed by atoms with Crippen LogP contribution in [0.25, 0.3) is 0 Å². The van der Waals surface area contributed by atoms with Crippen LogP contribution >= 0.6 is 0 Å². The number of carboxylic acid groups (broad SMARTS) is 1. The molecule has 11 heteroatoms. The Labute approximate surface area is 175 Å². The number of aliphatic hydroxyl groups excluding tert-OH is 4. The maximum absolute atomic E-state index is 12.4. The van der Waals surface area contributed by atoms with Crippen LogP contribution in [0.3, 0.4) is 0 Å². The number of esters is 1. The molecule has 1 aliphatic rings. The molecule has 0 aromatic heterocycles. The molecule has 3 rings (SSSR count). The summed E-state index contributed by atoms with van der Waals surface area (Å²) >= 11 is 0. The SMILES string of the molecule is O=C(Oc1ccc(O)c(C(=O)O)c1)c1cccc(OC2OC(CO)C(O)C(O)C2O)c1. The summed E-state index contributed by atoms with van der Waals surface area (Å²) in [5, 5.41) is 57.5. The van der Waals surface area contributed by atoms with Gasteiger partial charge >= 0.3 is 11.9 Å². The van der Waals surface area contributed by atoms with Crippen LogP contribution in [0, 0.1) is 0 Å². The Morgan fingerprint density at radius 2 is 1.71 bits per heavy atom. The molecule has 0 aliphatic carbocycles. The van der Waals surface area contributed by atoms with E-state index in [1.54, 1.807) is 0 Å². The van der Waals surface area contributed by atoms with Crippen LogP contribution in [0.4, 0.5) is 0 Å². The van der Waals surface area contributed by atoms with E-state index < -0.39 is 60.6 Å². The second-order valence-corrected chi connectivity index (χ2v) is 6.72. The minimum atomic E-state index is -1.63. The second-order valence-electron chi connectivity index (χ2n) is 6.72. The lowest BCUT2D eigenvalue weighted by atomic mass is 9.99. The Morgan fingerprint density at radius 1 is 0.968 bits per heavy atom. The summed E-state index contributed by atoms with van der Waals surface area (Å²) in [7, 11) is 0. The van der Waals surface area contributed by atoms with Gasteiger partial charge in [0.15, 0.2) is 0 Å². The van der Waals surface area contributed by atoms with Gasteiger partial charge < -0.3 is 44.8 Å². The van der Waals surface area contributed by atoms with Crippen molar-refractivity contribution in [3.8, 4) is 17.2 Å².